The fourth-order valence-electron chi connectivity index (χ4n) is 1.88. The third-order valence-corrected chi connectivity index (χ3v) is 2.85. The minimum absolute atomic E-state index is 0.0502. The lowest BCUT2D eigenvalue weighted by atomic mass is 10.1. The Labute approximate surface area is 141 Å². The van der Waals surface area contributed by atoms with Gasteiger partial charge in [-0.1, -0.05) is 6.08 Å². The van der Waals surface area contributed by atoms with Gasteiger partial charge in [-0.2, -0.15) is 5.10 Å². The highest BCUT2D eigenvalue weighted by Crippen LogP contribution is 2.31. The summed E-state index contributed by atoms with van der Waals surface area (Å²) in [5.74, 6) is -1.23. The standard InChI is InChI=1S/C17H23N3O4/c1-5-7-13-8-12(9-14(15(13)21)24-6-2)10-18-20-17(23)16(22)19-11(3)4/h5,8-11,21H,1,6-7H2,2-4H3,(H,19,22)(H,20,23)/b18-10+. The number of benzene rings is 1. The molecule has 0 saturated heterocycles. The monoisotopic (exact) mass is 333 g/mol. The van der Waals surface area contributed by atoms with Crippen LogP contribution < -0.4 is 15.5 Å². The number of hydrazone groups is 1. The van der Waals surface area contributed by atoms with Gasteiger partial charge in [-0.05, 0) is 44.9 Å². The molecule has 0 heterocycles. The Hall–Kier alpha value is -2.83. The van der Waals surface area contributed by atoms with Crippen LogP contribution in [0.15, 0.2) is 29.9 Å². The Morgan fingerprint density at radius 1 is 1.38 bits per heavy atom. The first-order chi connectivity index (χ1) is 11.4. The van der Waals surface area contributed by atoms with E-state index in [1.54, 1.807) is 39.0 Å². The summed E-state index contributed by atoms with van der Waals surface area (Å²) >= 11 is 0. The maximum Gasteiger partial charge on any atom is 0.329 e. The van der Waals surface area contributed by atoms with Crippen LogP contribution in [-0.2, 0) is 16.0 Å². The predicted octanol–water partition coefficient (Wildman–Crippen LogP) is 1.49. The lowest BCUT2D eigenvalue weighted by Crippen LogP contribution is -2.41. The smallest absolute Gasteiger partial charge is 0.329 e. The van der Waals surface area contributed by atoms with Crippen molar-refractivity contribution in [3.05, 3.63) is 35.9 Å². The first-order valence-corrected chi connectivity index (χ1v) is 7.62. The number of carbonyl (C=O) groups is 2. The van der Waals surface area contributed by atoms with Gasteiger partial charge in [0.25, 0.3) is 0 Å². The normalized spacial score (nSPS) is 10.7. The minimum Gasteiger partial charge on any atom is -0.504 e. The fourth-order valence-corrected chi connectivity index (χ4v) is 1.88. The first-order valence-electron chi connectivity index (χ1n) is 7.62. The van der Waals surface area contributed by atoms with E-state index in [1.807, 2.05) is 0 Å². The van der Waals surface area contributed by atoms with Crippen molar-refractivity contribution in [2.45, 2.75) is 33.2 Å². The predicted molar refractivity (Wildman–Crippen MR) is 92.2 cm³/mol. The molecule has 1 aromatic carbocycles. The zero-order valence-electron chi connectivity index (χ0n) is 14.1. The topological polar surface area (TPSA) is 100 Å². The Morgan fingerprint density at radius 2 is 2.08 bits per heavy atom. The quantitative estimate of drug-likeness (QED) is 0.305. The molecule has 7 heteroatoms. The highest BCUT2D eigenvalue weighted by atomic mass is 16.5. The molecule has 0 unspecified atom stereocenters. The molecular formula is C17H23N3O4. The van der Waals surface area contributed by atoms with Crippen LogP contribution in [0.25, 0.3) is 0 Å². The lowest BCUT2D eigenvalue weighted by molar-refractivity contribution is -0.139. The number of hydrogen-bond acceptors (Lipinski definition) is 5. The average Bonchev–Trinajstić information content (AvgIpc) is 2.51. The molecule has 2 amide bonds. The zero-order chi connectivity index (χ0) is 18.1. The van der Waals surface area contributed by atoms with E-state index in [4.69, 9.17) is 4.74 Å². The lowest BCUT2D eigenvalue weighted by Gasteiger charge is -2.11. The molecule has 0 atom stereocenters. The van der Waals surface area contributed by atoms with Crippen LogP contribution in [0.2, 0.25) is 0 Å². The minimum atomic E-state index is -0.852. The van der Waals surface area contributed by atoms with Crippen molar-refractivity contribution in [3.63, 3.8) is 0 Å². The fraction of sp³-hybridized carbons (Fsp3) is 0.353. The van der Waals surface area contributed by atoms with Gasteiger partial charge in [0.2, 0.25) is 0 Å². The molecule has 0 aliphatic rings. The number of allylic oxidation sites excluding steroid dienone is 1. The molecule has 0 radical (unpaired) electrons. The molecular weight excluding hydrogens is 310 g/mol. The van der Waals surface area contributed by atoms with Crippen molar-refractivity contribution in [1.82, 2.24) is 10.7 Å². The molecule has 3 N–H and O–H groups in total. The second-order valence-electron chi connectivity index (χ2n) is 5.28. The number of rotatable bonds is 7. The average molecular weight is 333 g/mol. The number of nitrogens with one attached hydrogen (secondary N) is 2. The van der Waals surface area contributed by atoms with Crippen LogP contribution in [0, 0.1) is 0 Å². The Bertz CT molecular complexity index is 639. The van der Waals surface area contributed by atoms with E-state index in [-0.39, 0.29) is 11.8 Å². The third-order valence-electron chi connectivity index (χ3n) is 2.85. The van der Waals surface area contributed by atoms with Crippen LogP contribution >= 0.6 is 0 Å². The van der Waals surface area contributed by atoms with Gasteiger partial charge in [0.05, 0.1) is 12.8 Å². The molecule has 130 valence electrons. The van der Waals surface area contributed by atoms with E-state index in [9.17, 15) is 14.7 Å². The van der Waals surface area contributed by atoms with Gasteiger partial charge in [-0.25, -0.2) is 5.43 Å². The van der Waals surface area contributed by atoms with Crippen LogP contribution in [-0.4, -0.2) is 35.8 Å². The largest absolute Gasteiger partial charge is 0.504 e. The van der Waals surface area contributed by atoms with Crippen molar-refractivity contribution in [1.29, 1.82) is 0 Å². The highest BCUT2D eigenvalue weighted by molar-refractivity contribution is 6.35. The molecule has 0 spiro atoms. The summed E-state index contributed by atoms with van der Waals surface area (Å²) in [5.41, 5.74) is 3.38. The van der Waals surface area contributed by atoms with E-state index in [1.165, 1.54) is 6.21 Å². The van der Waals surface area contributed by atoms with Gasteiger partial charge in [-0.15, -0.1) is 6.58 Å². The highest BCUT2D eigenvalue weighted by Gasteiger charge is 2.13. The number of ether oxygens (including phenoxy) is 1. The molecule has 0 bridgehead atoms. The number of amides is 2. The summed E-state index contributed by atoms with van der Waals surface area (Å²) in [7, 11) is 0. The third kappa shape index (κ3) is 5.75. The van der Waals surface area contributed by atoms with Crippen molar-refractivity contribution in [2.75, 3.05) is 6.61 Å². The van der Waals surface area contributed by atoms with Gasteiger partial charge in [0, 0.05) is 11.6 Å². The first kappa shape index (κ1) is 19.2. The van der Waals surface area contributed by atoms with Gasteiger partial charge in [0.15, 0.2) is 11.5 Å². The summed E-state index contributed by atoms with van der Waals surface area (Å²) in [6, 6.07) is 3.15. The SMILES string of the molecule is C=CCc1cc(/C=N/NC(=O)C(=O)NC(C)C)cc(OCC)c1O. The van der Waals surface area contributed by atoms with Crippen molar-refractivity contribution in [3.8, 4) is 11.5 Å². The summed E-state index contributed by atoms with van der Waals surface area (Å²) < 4.78 is 5.38. The summed E-state index contributed by atoms with van der Waals surface area (Å²) in [6.45, 7) is 9.35. The molecule has 0 aromatic heterocycles. The van der Waals surface area contributed by atoms with Gasteiger partial charge in [0.1, 0.15) is 0 Å². The number of nitrogens with zero attached hydrogens (tertiary/aromatic N) is 1. The molecule has 7 nitrogen and oxygen atoms in total. The number of carbonyl (C=O) groups excluding carboxylic acids is 2. The Kier molecular flexibility index (Phi) is 7.48. The van der Waals surface area contributed by atoms with E-state index < -0.39 is 11.8 Å². The van der Waals surface area contributed by atoms with E-state index in [2.05, 4.69) is 22.4 Å². The molecule has 1 aromatic rings. The van der Waals surface area contributed by atoms with Crippen LogP contribution in [0.1, 0.15) is 31.9 Å². The summed E-state index contributed by atoms with van der Waals surface area (Å²) in [6.07, 6.45) is 3.48. The van der Waals surface area contributed by atoms with Crippen LogP contribution in [0.4, 0.5) is 0 Å². The molecule has 1 rings (SSSR count). The van der Waals surface area contributed by atoms with Crippen molar-refractivity contribution in [2.24, 2.45) is 5.10 Å². The van der Waals surface area contributed by atoms with Crippen molar-refractivity contribution < 1.29 is 19.4 Å². The summed E-state index contributed by atoms with van der Waals surface area (Å²) in [4.78, 5) is 23.0. The zero-order valence-corrected chi connectivity index (χ0v) is 14.1. The van der Waals surface area contributed by atoms with Crippen LogP contribution in [0.5, 0.6) is 11.5 Å². The molecule has 0 fully saturated rings. The number of aromatic hydroxyl groups is 1. The molecule has 0 aliphatic carbocycles. The second-order valence-corrected chi connectivity index (χ2v) is 5.28. The van der Waals surface area contributed by atoms with E-state index in [0.29, 0.717) is 29.9 Å². The van der Waals surface area contributed by atoms with Crippen molar-refractivity contribution >= 4 is 18.0 Å². The van der Waals surface area contributed by atoms with E-state index in [0.717, 1.165) is 0 Å². The number of phenols is 1. The van der Waals surface area contributed by atoms with E-state index >= 15 is 0 Å². The van der Waals surface area contributed by atoms with Crippen LogP contribution in [0.3, 0.4) is 0 Å². The summed E-state index contributed by atoms with van der Waals surface area (Å²) in [5, 5.41) is 16.3. The molecule has 24 heavy (non-hydrogen) atoms. The maximum absolute atomic E-state index is 11.5. The Morgan fingerprint density at radius 3 is 2.67 bits per heavy atom. The maximum atomic E-state index is 11.5. The second kappa shape index (κ2) is 9.34. The molecule has 0 aliphatic heterocycles. The number of phenolic OH excluding ortho intramolecular Hbond substituents is 1. The van der Waals surface area contributed by atoms with Gasteiger partial charge in [-0.3, -0.25) is 9.59 Å². The number of hydrogen-bond donors (Lipinski definition) is 3. The van der Waals surface area contributed by atoms with Gasteiger partial charge >= 0.3 is 11.8 Å². The molecule has 0 saturated carbocycles. The van der Waals surface area contributed by atoms with Gasteiger partial charge < -0.3 is 15.2 Å². The Balaban J connectivity index is 2.87.